The van der Waals surface area contributed by atoms with Crippen LogP contribution >= 0.6 is 11.3 Å². The molecule has 8 nitrogen and oxygen atoms in total. The zero-order valence-corrected chi connectivity index (χ0v) is 13.2. The molecule has 21 heavy (non-hydrogen) atoms. The fourth-order valence-electron chi connectivity index (χ4n) is 1.81. The predicted molar refractivity (Wildman–Crippen MR) is 75.9 cm³/mol. The van der Waals surface area contributed by atoms with Gasteiger partial charge in [0, 0.05) is 11.1 Å². The second-order valence-electron chi connectivity index (χ2n) is 4.48. The van der Waals surface area contributed by atoms with Gasteiger partial charge in [0.2, 0.25) is 10.0 Å². The average Bonchev–Trinajstić information content (AvgIpc) is 2.95. The maximum absolute atomic E-state index is 12.4. The number of aryl methyl sites for hydroxylation is 2. The average molecular weight is 330 g/mol. The number of sulfonamides is 1. The Kier molecular flexibility index (Phi) is 4.12. The van der Waals surface area contributed by atoms with Gasteiger partial charge in [-0.25, -0.2) is 22.9 Å². The van der Waals surface area contributed by atoms with Crippen molar-refractivity contribution in [2.75, 3.05) is 0 Å². The molecule has 0 amide bonds. The Morgan fingerprint density at radius 1 is 1.48 bits per heavy atom. The van der Waals surface area contributed by atoms with Gasteiger partial charge in [-0.2, -0.15) is 5.10 Å². The first-order valence-corrected chi connectivity index (χ1v) is 8.25. The Morgan fingerprint density at radius 2 is 2.14 bits per heavy atom. The highest BCUT2D eigenvalue weighted by molar-refractivity contribution is 7.89. The summed E-state index contributed by atoms with van der Waals surface area (Å²) in [5, 5.41) is 15.5. The van der Waals surface area contributed by atoms with Crippen LogP contribution in [0.1, 0.15) is 39.0 Å². The van der Waals surface area contributed by atoms with Crippen LogP contribution in [0.5, 0.6) is 0 Å². The Morgan fingerprint density at radius 3 is 2.67 bits per heavy atom. The lowest BCUT2D eigenvalue weighted by Gasteiger charge is -2.11. The van der Waals surface area contributed by atoms with E-state index in [4.69, 9.17) is 5.11 Å². The molecule has 1 atom stereocenters. The van der Waals surface area contributed by atoms with Crippen molar-refractivity contribution < 1.29 is 18.3 Å². The minimum absolute atomic E-state index is 0.169. The highest BCUT2D eigenvalue weighted by Crippen LogP contribution is 2.23. The highest BCUT2D eigenvalue weighted by Gasteiger charge is 2.30. The van der Waals surface area contributed by atoms with Crippen molar-refractivity contribution in [3.63, 3.8) is 0 Å². The van der Waals surface area contributed by atoms with Crippen molar-refractivity contribution in [2.24, 2.45) is 0 Å². The largest absolute Gasteiger partial charge is 0.476 e. The molecule has 0 aromatic carbocycles. The van der Waals surface area contributed by atoms with E-state index in [0.717, 1.165) is 4.88 Å². The summed E-state index contributed by atoms with van der Waals surface area (Å²) >= 11 is 1.37. The van der Waals surface area contributed by atoms with Crippen LogP contribution in [0.25, 0.3) is 0 Å². The molecule has 0 aliphatic heterocycles. The molecular weight excluding hydrogens is 316 g/mol. The number of aromatic amines is 1. The first kappa shape index (κ1) is 15.6. The van der Waals surface area contributed by atoms with E-state index >= 15 is 0 Å². The lowest BCUT2D eigenvalue weighted by Crippen LogP contribution is -2.28. The van der Waals surface area contributed by atoms with Gasteiger partial charge in [0.05, 0.1) is 11.7 Å². The van der Waals surface area contributed by atoms with Crippen molar-refractivity contribution in [3.05, 3.63) is 27.5 Å². The summed E-state index contributed by atoms with van der Waals surface area (Å²) in [6, 6.07) is -0.565. The van der Waals surface area contributed by atoms with Gasteiger partial charge in [0.1, 0.15) is 9.90 Å². The molecule has 0 bridgehead atoms. The van der Waals surface area contributed by atoms with Crippen LogP contribution in [0.4, 0.5) is 0 Å². The van der Waals surface area contributed by atoms with E-state index in [9.17, 15) is 13.2 Å². The minimum atomic E-state index is -4.02. The molecule has 2 aromatic heterocycles. The van der Waals surface area contributed by atoms with E-state index in [-0.39, 0.29) is 10.6 Å². The molecule has 0 aliphatic rings. The second kappa shape index (κ2) is 5.54. The number of aromatic carboxylic acids is 1. The number of H-pyrrole nitrogens is 1. The van der Waals surface area contributed by atoms with E-state index in [1.807, 2.05) is 6.92 Å². The molecule has 0 saturated carbocycles. The van der Waals surface area contributed by atoms with E-state index < -0.39 is 27.7 Å². The molecule has 114 valence electrons. The van der Waals surface area contributed by atoms with Crippen molar-refractivity contribution in [2.45, 2.75) is 31.7 Å². The molecule has 0 radical (unpaired) electrons. The SMILES string of the molecule is Cc1cnc(C(C)NS(=O)(=O)c2c(C(=O)O)n[nH]c2C)s1. The van der Waals surface area contributed by atoms with Crippen LogP contribution < -0.4 is 4.72 Å². The molecule has 1 unspecified atom stereocenters. The number of hydrogen-bond acceptors (Lipinski definition) is 6. The molecule has 0 spiro atoms. The van der Waals surface area contributed by atoms with Gasteiger partial charge in [0.25, 0.3) is 0 Å². The van der Waals surface area contributed by atoms with E-state index in [1.165, 1.54) is 18.3 Å². The number of carbonyl (C=O) groups is 1. The third kappa shape index (κ3) is 3.12. The zero-order valence-electron chi connectivity index (χ0n) is 11.5. The Labute approximate surface area is 125 Å². The number of nitrogens with one attached hydrogen (secondary N) is 2. The molecule has 3 N–H and O–H groups in total. The number of thiazole rings is 1. The second-order valence-corrected chi connectivity index (χ2v) is 7.40. The van der Waals surface area contributed by atoms with Gasteiger partial charge in [0.15, 0.2) is 5.69 Å². The Balaban J connectivity index is 2.35. The maximum Gasteiger partial charge on any atom is 0.357 e. The zero-order chi connectivity index (χ0) is 15.8. The fraction of sp³-hybridized carbons (Fsp3) is 0.364. The molecule has 0 aliphatic carbocycles. The lowest BCUT2D eigenvalue weighted by atomic mass is 10.4. The number of nitrogens with zero attached hydrogens (tertiary/aromatic N) is 2. The van der Waals surface area contributed by atoms with Gasteiger partial charge in [-0.15, -0.1) is 11.3 Å². The highest BCUT2D eigenvalue weighted by atomic mass is 32.2. The smallest absolute Gasteiger partial charge is 0.357 e. The van der Waals surface area contributed by atoms with Gasteiger partial charge < -0.3 is 5.11 Å². The molecule has 10 heteroatoms. The van der Waals surface area contributed by atoms with E-state index in [0.29, 0.717) is 5.01 Å². The minimum Gasteiger partial charge on any atom is -0.476 e. The van der Waals surface area contributed by atoms with Crippen molar-refractivity contribution in [3.8, 4) is 0 Å². The molecule has 0 saturated heterocycles. The lowest BCUT2D eigenvalue weighted by molar-refractivity contribution is 0.0686. The van der Waals surface area contributed by atoms with Crippen molar-refractivity contribution in [1.82, 2.24) is 19.9 Å². The number of hydrogen-bond donors (Lipinski definition) is 3. The monoisotopic (exact) mass is 330 g/mol. The summed E-state index contributed by atoms with van der Waals surface area (Å²) in [6.45, 7) is 4.96. The third-order valence-corrected chi connectivity index (χ3v) is 5.50. The molecule has 0 fully saturated rings. The van der Waals surface area contributed by atoms with Crippen LogP contribution in [0.2, 0.25) is 0 Å². The number of carboxylic acids is 1. The first-order chi connectivity index (χ1) is 9.72. The Hall–Kier alpha value is -1.78. The quantitative estimate of drug-likeness (QED) is 0.757. The summed E-state index contributed by atoms with van der Waals surface area (Å²) in [5.74, 6) is -1.41. The molecule has 2 rings (SSSR count). The van der Waals surface area contributed by atoms with Gasteiger partial charge in [-0.1, -0.05) is 0 Å². The topological polar surface area (TPSA) is 125 Å². The van der Waals surface area contributed by atoms with Gasteiger partial charge >= 0.3 is 5.97 Å². The van der Waals surface area contributed by atoms with E-state index in [2.05, 4.69) is 19.9 Å². The van der Waals surface area contributed by atoms with Crippen LogP contribution in [-0.4, -0.2) is 34.7 Å². The number of carboxylic acid groups (broad SMARTS) is 1. The third-order valence-electron chi connectivity index (χ3n) is 2.70. The first-order valence-electron chi connectivity index (χ1n) is 5.95. The predicted octanol–water partition coefficient (Wildman–Crippen LogP) is 1.22. The molecular formula is C11H14N4O4S2. The van der Waals surface area contributed by atoms with Crippen molar-refractivity contribution in [1.29, 1.82) is 0 Å². The number of rotatable bonds is 5. The summed E-state index contributed by atoms with van der Waals surface area (Å²) in [4.78, 5) is 15.8. The van der Waals surface area contributed by atoms with Crippen LogP contribution in [-0.2, 0) is 10.0 Å². The van der Waals surface area contributed by atoms with Gasteiger partial charge in [-0.3, -0.25) is 5.10 Å². The van der Waals surface area contributed by atoms with Crippen LogP contribution in [0.15, 0.2) is 11.1 Å². The van der Waals surface area contributed by atoms with Crippen molar-refractivity contribution >= 4 is 27.3 Å². The summed E-state index contributed by atoms with van der Waals surface area (Å²) in [6.07, 6.45) is 1.65. The van der Waals surface area contributed by atoms with Crippen LogP contribution in [0.3, 0.4) is 0 Å². The number of aromatic nitrogens is 3. The standard InChI is InChI=1S/C11H14N4O4S2/c1-5-4-12-10(20-5)7(3)15-21(18,19)9-6(2)13-14-8(9)11(16)17/h4,7,15H,1-3H3,(H,13,14)(H,16,17). The normalized spacial score (nSPS) is 13.3. The van der Waals surface area contributed by atoms with E-state index in [1.54, 1.807) is 13.1 Å². The maximum atomic E-state index is 12.4. The van der Waals surface area contributed by atoms with Gasteiger partial charge in [-0.05, 0) is 20.8 Å². The summed E-state index contributed by atoms with van der Waals surface area (Å²) in [7, 11) is -4.02. The summed E-state index contributed by atoms with van der Waals surface area (Å²) < 4.78 is 27.2. The fourth-order valence-corrected chi connectivity index (χ4v) is 4.19. The Bertz CT molecular complexity index is 778. The molecule has 2 heterocycles. The molecule has 2 aromatic rings. The summed E-state index contributed by atoms with van der Waals surface area (Å²) in [5.41, 5.74) is -0.357. The van der Waals surface area contributed by atoms with Crippen LogP contribution in [0, 0.1) is 13.8 Å².